The monoisotopic (exact) mass is 400 g/mol. The summed E-state index contributed by atoms with van der Waals surface area (Å²) in [5.41, 5.74) is 2.34. The van der Waals surface area contributed by atoms with Gasteiger partial charge in [-0.15, -0.1) is 0 Å². The third kappa shape index (κ3) is 3.16. The number of thiocarbonyl (C=S) groups is 1. The van der Waals surface area contributed by atoms with E-state index in [1.165, 1.54) is 4.90 Å². The molecular weight excluding hydrogens is 388 g/mol. The molecule has 2 aromatic rings. The minimum atomic E-state index is -0.486. The molecule has 1 aliphatic rings. The molecule has 4 nitrogen and oxygen atoms in total. The third-order valence-corrected chi connectivity index (χ3v) is 4.39. The summed E-state index contributed by atoms with van der Waals surface area (Å²) < 4.78 is 0.906. The van der Waals surface area contributed by atoms with Crippen molar-refractivity contribution in [3.05, 3.63) is 69.7 Å². The number of nitrogens with zero attached hydrogens (tertiary/aromatic N) is 1. The Balaban J connectivity index is 2.05. The number of anilines is 1. The van der Waals surface area contributed by atoms with Crippen molar-refractivity contribution in [2.45, 2.75) is 6.92 Å². The molecule has 0 saturated carbocycles. The van der Waals surface area contributed by atoms with Crippen LogP contribution in [0.1, 0.15) is 11.1 Å². The second kappa shape index (κ2) is 6.67. The molecule has 0 spiro atoms. The Kier molecular flexibility index (Phi) is 4.59. The third-order valence-electron chi connectivity index (χ3n) is 3.61. The molecule has 0 unspecified atom stereocenters. The zero-order chi connectivity index (χ0) is 17.3. The second-order valence-corrected chi connectivity index (χ2v) is 6.60. The number of hydrogen-bond donors (Lipinski definition) is 1. The second-order valence-electron chi connectivity index (χ2n) is 5.30. The number of hydrogen-bond acceptors (Lipinski definition) is 3. The van der Waals surface area contributed by atoms with Gasteiger partial charge >= 0.3 is 0 Å². The highest BCUT2D eigenvalue weighted by molar-refractivity contribution is 9.10. The number of carbonyl (C=O) groups excluding carboxylic acids is 2. The van der Waals surface area contributed by atoms with Gasteiger partial charge in [-0.3, -0.25) is 19.8 Å². The molecule has 1 fully saturated rings. The van der Waals surface area contributed by atoms with E-state index < -0.39 is 11.8 Å². The minimum Gasteiger partial charge on any atom is -0.298 e. The van der Waals surface area contributed by atoms with Crippen LogP contribution in [0.5, 0.6) is 0 Å². The van der Waals surface area contributed by atoms with Gasteiger partial charge in [0.1, 0.15) is 5.57 Å². The van der Waals surface area contributed by atoms with Crippen LogP contribution in [0.15, 0.2) is 58.6 Å². The molecule has 1 N–H and O–H groups in total. The van der Waals surface area contributed by atoms with Crippen molar-refractivity contribution in [2.24, 2.45) is 0 Å². The Morgan fingerprint density at radius 2 is 1.83 bits per heavy atom. The highest BCUT2D eigenvalue weighted by Gasteiger charge is 2.35. The predicted octanol–water partition coefficient (Wildman–Crippen LogP) is 3.59. The maximum absolute atomic E-state index is 12.9. The lowest BCUT2D eigenvalue weighted by atomic mass is 10.1. The molecule has 0 atom stereocenters. The number of benzene rings is 2. The molecule has 6 heteroatoms. The zero-order valence-electron chi connectivity index (χ0n) is 12.7. The molecule has 0 radical (unpaired) electrons. The van der Waals surface area contributed by atoms with Gasteiger partial charge in [0, 0.05) is 4.47 Å². The number of carbonyl (C=O) groups is 2. The largest absolute Gasteiger partial charge is 0.298 e. The van der Waals surface area contributed by atoms with Crippen LogP contribution in [0.2, 0.25) is 0 Å². The lowest BCUT2D eigenvalue weighted by Crippen LogP contribution is -2.54. The van der Waals surface area contributed by atoms with E-state index in [0.29, 0.717) is 5.69 Å². The van der Waals surface area contributed by atoms with Gasteiger partial charge in [-0.05, 0) is 54.5 Å². The molecule has 0 bridgehead atoms. The SMILES string of the molecule is Cc1cc(Br)ccc1N1C(=O)/C(=C/c2ccccc2)C(=O)NC1=S. The highest BCUT2D eigenvalue weighted by Crippen LogP contribution is 2.27. The molecular formula is C18H13BrN2O2S. The molecule has 2 amide bonds. The summed E-state index contributed by atoms with van der Waals surface area (Å²) in [4.78, 5) is 26.5. The minimum absolute atomic E-state index is 0.0529. The molecule has 0 aromatic heterocycles. The first-order valence-electron chi connectivity index (χ1n) is 7.20. The van der Waals surface area contributed by atoms with Crippen LogP contribution in [0.4, 0.5) is 5.69 Å². The summed E-state index contributed by atoms with van der Waals surface area (Å²) in [7, 11) is 0. The van der Waals surface area contributed by atoms with Crippen LogP contribution in [-0.2, 0) is 9.59 Å². The van der Waals surface area contributed by atoms with Crippen molar-refractivity contribution in [3.8, 4) is 0 Å². The summed E-state index contributed by atoms with van der Waals surface area (Å²) in [6.07, 6.45) is 1.57. The van der Waals surface area contributed by atoms with Crippen LogP contribution in [0, 0.1) is 6.92 Å². The number of aryl methyl sites for hydroxylation is 1. The van der Waals surface area contributed by atoms with Crippen LogP contribution < -0.4 is 10.2 Å². The van der Waals surface area contributed by atoms with Crippen molar-refractivity contribution in [1.29, 1.82) is 0 Å². The molecule has 24 heavy (non-hydrogen) atoms. The molecule has 1 saturated heterocycles. The molecule has 3 rings (SSSR count). The Morgan fingerprint density at radius 3 is 2.50 bits per heavy atom. The fourth-order valence-electron chi connectivity index (χ4n) is 2.46. The van der Waals surface area contributed by atoms with Crippen LogP contribution >= 0.6 is 28.1 Å². The number of nitrogens with one attached hydrogen (secondary N) is 1. The van der Waals surface area contributed by atoms with E-state index in [0.717, 1.165) is 15.6 Å². The number of amides is 2. The van der Waals surface area contributed by atoms with Gasteiger partial charge < -0.3 is 0 Å². The van der Waals surface area contributed by atoms with Crippen molar-refractivity contribution in [2.75, 3.05) is 4.90 Å². The van der Waals surface area contributed by atoms with Crippen molar-refractivity contribution in [1.82, 2.24) is 5.32 Å². The van der Waals surface area contributed by atoms with E-state index in [1.807, 2.05) is 49.4 Å². The summed E-state index contributed by atoms with van der Waals surface area (Å²) in [6.45, 7) is 1.88. The standard InChI is InChI=1S/C18H13BrN2O2S/c1-11-9-13(19)7-8-15(11)21-17(23)14(16(22)20-18(21)24)10-12-5-3-2-4-6-12/h2-10H,1H3,(H,20,22,24)/b14-10+. The number of halogens is 1. The van der Waals surface area contributed by atoms with Crippen molar-refractivity contribution in [3.63, 3.8) is 0 Å². The van der Waals surface area contributed by atoms with Gasteiger partial charge in [-0.2, -0.15) is 0 Å². The first-order valence-corrected chi connectivity index (χ1v) is 8.40. The molecule has 2 aromatic carbocycles. The van der Waals surface area contributed by atoms with Crippen LogP contribution in [-0.4, -0.2) is 16.9 Å². The van der Waals surface area contributed by atoms with E-state index in [4.69, 9.17) is 12.2 Å². The summed E-state index contributed by atoms with van der Waals surface area (Å²) in [5.74, 6) is -0.919. The Bertz CT molecular complexity index is 878. The van der Waals surface area contributed by atoms with Crippen molar-refractivity contribution < 1.29 is 9.59 Å². The quantitative estimate of drug-likeness (QED) is 0.476. The predicted molar refractivity (Wildman–Crippen MR) is 102 cm³/mol. The molecule has 120 valence electrons. The van der Waals surface area contributed by atoms with E-state index >= 15 is 0 Å². The normalized spacial score (nSPS) is 16.5. The first kappa shape index (κ1) is 16.5. The summed E-state index contributed by atoms with van der Waals surface area (Å²) >= 11 is 8.61. The Morgan fingerprint density at radius 1 is 1.12 bits per heavy atom. The van der Waals surface area contributed by atoms with Gasteiger partial charge in [-0.25, -0.2) is 0 Å². The number of rotatable bonds is 2. The average Bonchev–Trinajstić information content (AvgIpc) is 2.54. The fraction of sp³-hybridized carbons (Fsp3) is 0.0556. The van der Waals surface area contributed by atoms with E-state index in [-0.39, 0.29) is 10.7 Å². The topological polar surface area (TPSA) is 49.4 Å². The smallest absolute Gasteiger partial charge is 0.270 e. The van der Waals surface area contributed by atoms with E-state index in [1.54, 1.807) is 12.1 Å². The first-order chi connectivity index (χ1) is 11.5. The van der Waals surface area contributed by atoms with Gasteiger partial charge in [0.25, 0.3) is 11.8 Å². The Hall–Kier alpha value is -2.31. The average molecular weight is 401 g/mol. The van der Waals surface area contributed by atoms with Crippen LogP contribution in [0.25, 0.3) is 6.08 Å². The van der Waals surface area contributed by atoms with Crippen LogP contribution in [0.3, 0.4) is 0 Å². The lowest BCUT2D eigenvalue weighted by Gasteiger charge is -2.30. The lowest BCUT2D eigenvalue weighted by molar-refractivity contribution is -0.122. The van der Waals surface area contributed by atoms with E-state index in [2.05, 4.69) is 21.2 Å². The summed E-state index contributed by atoms with van der Waals surface area (Å²) in [5, 5.41) is 2.67. The maximum atomic E-state index is 12.9. The zero-order valence-corrected chi connectivity index (χ0v) is 15.1. The fourth-order valence-corrected chi connectivity index (χ4v) is 3.21. The molecule has 1 aliphatic heterocycles. The van der Waals surface area contributed by atoms with Gasteiger partial charge in [0.05, 0.1) is 5.69 Å². The highest BCUT2D eigenvalue weighted by atomic mass is 79.9. The molecule has 1 heterocycles. The van der Waals surface area contributed by atoms with E-state index in [9.17, 15) is 9.59 Å². The summed E-state index contributed by atoms with van der Waals surface area (Å²) in [6, 6.07) is 14.7. The maximum Gasteiger partial charge on any atom is 0.270 e. The van der Waals surface area contributed by atoms with Gasteiger partial charge in [-0.1, -0.05) is 46.3 Å². The molecule has 0 aliphatic carbocycles. The van der Waals surface area contributed by atoms with Gasteiger partial charge in [0.2, 0.25) is 0 Å². The van der Waals surface area contributed by atoms with Crippen molar-refractivity contribution >= 4 is 56.8 Å². The Labute approximate surface area is 153 Å². The van der Waals surface area contributed by atoms with Gasteiger partial charge in [0.15, 0.2) is 5.11 Å².